The maximum absolute atomic E-state index is 14.7. The van der Waals surface area contributed by atoms with Gasteiger partial charge in [-0.25, -0.2) is 4.39 Å². The third-order valence-corrected chi connectivity index (χ3v) is 14.8. The van der Waals surface area contributed by atoms with Gasteiger partial charge in [-0.3, -0.25) is 19.3 Å². The van der Waals surface area contributed by atoms with E-state index in [1.165, 1.54) is 19.1 Å². The Morgan fingerprint density at radius 3 is 1.36 bits per heavy atom. The summed E-state index contributed by atoms with van der Waals surface area (Å²) in [7, 11) is 0. The number of ether oxygens (including phenoxy) is 9. The number of esters is 1. The zero-order chi connectivity index (χ0) is 53.6. The van der Waals surface area contributed by atoms with E-state index in [0.29, 0.717) is 4.90 Å². The van der Waals surface area contributed by atoms with Crippen molar-refractivity contribution >= 4 is 29.5 Å². The summed E-state index contributed by atoms with van der Waals surface area (Å²) in [4.78, 5) is 44.8. The van der Waals surface area contributed by atoms with Crippen LogP contribution in [0.3, 0.4) is 0 Å². The number of carbonyl (C=O) groups is 3. The van der Waals surface area contributed by atoms with Gasteiger partial charge in [-0.1, -0.05) is 176 Å². The predicted octanol–water partition coefficient (Wildman–Crippen LogP) is 10.5. The number of imide groups is 1. The normalized spacial score (nSPS) is 23.9. The van der Waals surface area contributed by atoms with Crippen LogP contribution in [0.15, 0.2) is 205 Å². The lowest BCUT2D eigenvalue weighted by atomic mass is 9.94. The number of hydrogen-bond donors (Lipinski definition) is 0. The minimum atomic E-state index is -1.43. The highest BCUT2D eigenvalue weighted by Gasteiger charge is 2.58. The number of benzene rings is 7. The summed E-state index contributed by atoms with van der Waals surface area (Å²) >= 11 is 1.14. The second-order valence-corrected chi connectivity index (χ2v) is 20.3. The van der Waals surface area contributed by atoms with Gasteiger partial charge in [0.1, 0.15) is 53.9 Å². The quantitative estimate of drug-likeness (QED) is 0.0444. The molecule has 0 saturated carbocycles. The van der Waals surface area contributed by atoms with E-state index >= 15 is 0 Å². The highest BCUT2D eigenvalue weighted by atomic mass is 32.2. The minimum Gasteiger partial charge on any atom is -0.457 e. The van der Waals surface area contributed by atoms with Gasteiger partial charge in [0.05, 0.1) is 57.4 Å². The fraction of sp³-hybridized carbons (Fsp3) is 0.286. The van der Waals surface area contributed by atoms with Crippen molar-refractivity contribution in [2.45, 2.75) is 105 Å². The molecule has 13 nitrogen and oxygen atoms in total. The van der Waals surface area contributed by atoms with E-state index in [1.807, 2.05) is 152 Å². The molecule has 15 heteroatoms. The van der Waals surface area contributed by atoms with E-state index in [9.17, 15) is 18.8 Å². The Labute approximate surface area is 457 Å². The van der Waals surface area contributed by atoms with Crippen molar-refractivity contribution in [3.05, 3.63) is 245 Å². The summed E-state index contributed by atoms with van der Waals surface area (Å²) < 4.78 is 76.4. The molecule has 7 aromatic carbocycles. The second kappa shape index (κ2) is 26.6. The topological polar surface area (TPSA) is 138 Å². The molecule has 0 aromatic heterocycles. The van der Waals surface area contributed by atoms with Gasteiger partial charge in [0, 0.05) is 11.8 Å². The van der Waals surface area contributed by atoms with Crippen LogP contribution in [0, 0.1) is 5.82 Å². The average molecular weight is 1070 g/mol. The standard InChI is InChI=1S/C63H60FNO12S/c1-42(66)74-57-54(65-60(67)50-29-17-18-30-51(50)61(65)68)63(78-49-33-31-48(64)32-34-49)76-53(41-70-36-44-21-9-3-10-22-44)56(57)77-62-59(73-39-47-27-15-6-16-28-47)58(72-38-46-25-13-5-14-26-46)55(71-37-45-23-11-4-12-24-45)52(75-62)40-69-35-43-19-7-2-8-20-43/h2-34,52-59,62-63H,35-41H2,1H3/t52-,53-,54-,55-,56-,57-,58+,59-,62+,63+/m1/s1. The number of nitrogens with zero attached hydrogens (tertiary/aromatic N) is 1. The lowest BCUT2D eigenvalue weighted by Gasteiger charge is -2.51. The van der Waals surface area contributed by atoms with Crippen LogP contribution in [0.1, 0.15) is 55.5 Å². The highest BCUT2D eigenvalue weighted by Crippen LogP contribution is 2.43. The van der Waals surface area contributed by atoms with Crippen LogP contribution in [0.25, 0.3) is 0 Å². The molecule has 0 aliphatic carbocycles. The van der Waals surface area contributed by atoms with Crippen LogP contribution in [0.2, 0.25) is 0 Å². The van der Waals surface area contributed by atoms with Crippen molar-refractivity contribution in [3.63, 3.8) is 0 Å². The van der Waals surface area contributed by atoms with Crippen LogP contribution in [-0.2, 0) is 80.5 Å². The molecule has 2 fully saturated rings. The Kier molecular flexibility index (Phi) is 18.6. The lowest BCUT2D eigenvalue weighted by molar-refractivity contribution is -0.353. The molecular formula is C63H60FNO12S. The largest absolute Gasteiger partial charge is 0.457 e. The summed E-state index contributed by atoms with van der Waals surface area (Å²) in [5.74, 6) is -2.42. The molecule has 10 atom stereocenters. The molecule has 2 saturated heterocycles. The van der Waals surface area contributed by atoms with Crippen molar-refractivity contribution in [2.24, 2.45) is 0 Å². The molecule has 0 N–H and O–H groups in total. The van der Waals surface area contributed by atoms with Crippen molar-refractivity contribution < 1.29 is 61.4 Å². The molecule has 0 bridgehead atoms. The van der Waals surface area contributed by atoms with Gasteiger partial charge in [0.2, 0.25) is 0 Å². The molecule has 0 radical (unpaired) electrons. The Bertz CT molecular complexity index is 2980. The predicted molar refractivity (Wildman–Crippen MR) is 288 cm³/mol. The number of hydrogen-bond acceptors (Lipinski definition) is 13. The van der Waals surface area contributed by atoms with Crippen molar-refractivity contribution in [1.82, 2.24) is 4.90 Å². The third kappa shape index (κ3) is 13.7. The van der Waals surface area contributed by atoms with Gasteiger partial charge in [0.15, 0.2) is 12.4 Å². The number of halogens is 1. The molecule has 10 rings (SSSR count). The smallest absolute Gasteiger partial charge is 0.303 e. The van der Waals surface area contributed by atoms with Crippen LogP contribution < -0.4 is 0 Å². The first-order valence-corrected chi connectivity index (χ1v) is 26.9. The molecule has 3 aliphatic rings. The molecule has 2 amide bonds. The van der Waals surface area contributed by atoms with Crippen LogP contribution in [-0.4, -0.2) is 96.4 Å². The van der Waals surface area contributed by atoms with Gasteiger partial charge in [0.25, 0.3) is 11.8 Å². The molecule has 3 heterocycles. The fourth-order valence-electron chi connectivity index (χ4n) is 9.89. The summed E-state index contributed by atoms with van der Waals surface area (Å²) in [5.41, 5.74) is 3.70. The zero-order valence-electron chi connectivity index (χ0n) is 42.9. The first kappa shape index (κ1) is 54.5. The first-order chi connectivity index (χ1) is 38.3. The third-order valence-electron chi connectivity index (χ3n) is 13.6. The van der Waals surface area contributed by atoms with E-state index in [2.05, 4.69) is 0 Å². The number of fused-ring (bicyclic) bond motifs is 1. The first-order valence-electron chi connectivity index (χ1n) is 26.0. The van der Waals surface area contributed by atoms with Crippen molar-refractivity contribution in [1.29, 1.82) is 0 Å². The van der Waals surface area contributed by atoms with Gasteiger partial charge >= 0.3 is 5.97 Å². The Morgan fingerprint density at radius 1 is 0.487 bits per heavy atom. The lowest BCUT2D eigenvalue weighted by Crippen LogP contribution is -2.68. The maximum atomic E-state index is 14.7. The highest BCUT2D eigenvalue weighted by molar-refractivity contribution is 7.99. The summed E-state index contributed by atoms with van der Waals surface area (Å²) in [6.07, 6.45) is -8.90. The molecule has 78 heavy (non-hydrogen) atoms. The second-order valence-electron chi connectivity index (χ2n) is 19.1. The Balaban J connectivity index is 1.08. The summed E-state index contributed by atoms with van der Waals surface area (Å²) in [5, 5.41) is 0. The van der Waals surface area contributed by atoms with E-state index < -0.39 is 84.1 Å². The SMILES string of the molecule is CC(=O)O[C@H]1[C@H](O[C@@H]2O[C@H](COCc3ccccc3)[C@@H](OCc3ccccc3)[C@H](OCc3ccccc3)[C@H]2OCc2ccccc2)[C@@H](COCc2ccccc2)O[C@@H](Sc2ccc(F)cc2)[C@@H]1N1C(=O)c2ccccc2C1=O. The van der Waals surface area contributed by atoms with Crippen molar-refractivity contribution in [3.8, 4) is 0 Å². The van der Waals surface area contributed by atoms with Crippen LogP contribution in [0.5, 0.6) is 0 Å². The zero-order valence-corrected chi connectivity index (χ0v) is 43.7. The molecule has 402 valence electrons. The van der Waals surface area contributed by atoms with Crippen molar-refractivity contribution in [2.75, 3.05) is 13.2 Å². The fourth-order valence-corrected chi connectivity index (χ4v) is 11.1. The number of rotatable bonds is 23. The molecule has 0 spiro atoms. The summed E-state index contributed by atoms with van der Waals surface area (Å²) in [6.45, 7) is 1.98. The van der Waals surface area contributed by atoms with Gasteiger partial charge in [-0.2, -0.15) is 0 Å². The monoisotopic (exact) mass is 1070 g/mol. The molecule has 7 aromatic rings. The van der Waals surface area contributed by atoms with E-state index in [1.54, 1.807) is 36.4 Å². The van der Waals surface area contributed by atoms with E-state index in [0.717, 1.165) is 44.5 Å². The van der Waals surface area contributed by atoms with Crippen LogP contribution in [0.4, 0.5) is 4.39 Å². The summed E-state index contributed by atoms with van der Waals surface area (Å²) in [6, 6.07) is 59.4. The number of carbonyl (C=O) groups excluding carboxylic acids is 3. The number of amides is 2. The molecule has 3 aliphatic heterocycles. The Hall–Kier alpha value is -6.89. The van der Waals surface area contributed by atoms with Gasteiger partial charge in [-0.15, -0.1) is 0 Å². The Morgan fingerprint density at radius 2 is 0.897 bits per heavy atom. The average Bonchev–Trinajstić information content (AvgIpc) is 3.94. The number of thioether (sulfide) groups is 1. The van der Waals surface area contributed by atoms with E-state index in [4.69, 9.17) is 42.6 Å². The van der Waals surface area contributed by atoms with Gasteiger partial charge < -0.3 is 42.6 Å². The van der Waals surface area contributed by atoms with E-state index in [-0.39, 0.29) is 57.4 Å². The molecular weight excluding hydrogens is 1010 g/mol. The minimum absolute atomic E-state index is 0.0109. The maximum Gasteiger partial charge on any atom is 0.303 e. The van der Waals surface area contributed by atoms with Gasteiger partial charge in [-0.05, 0) is 64.2 Å². The van der Waals surface area contributed by atoms with Crippen LogP contribution >= 0.6 is 11.8 Å². The molecule has 0 unspecified atom stereocenters.